The number of hydrogen-bond acceptors (Lipinski definition) is 1. The summed E-state index contributed by atoms with van der Waals surface area (Å²) in [5.41, 5.74) is 12.0. The van der Waals surface area contributed by atoms with E-state index in [-0.39, 0.29) is 0 Å². The highest BCUT2D eigenvalue weighted by molar-refractivity contribution is 5.88. The first-order valence-electron chi connectivity index (χ1n) is 8.67. The van der Waals surface area contributed by atoms with Gasteiger partial charge in [-0.3, -0.25) is 0 Å². The Balaban J connectivity index is 2.16. The van der Waals surface area contributed by atoms with Crippen LogP contribution in [0, 0.1) is 0 Å². The van der Waals surface area contributed by atoms with Gasteiger partial charge in [-0.1, -0.05) is 25.3 Å². The molecule has 114 valence electrons. The van der Waals surface area contributed by atoms with E-state index in [9.17, 15) is 0 Å². The molecular formula is C19H28N2. The fourth-order valence-corrected chi connectivity index (χ4v) is 3.87. The van der Waals surface area contributed by atoms with E-state index in [1.54, 1.807) is 11.1 Å². The number of nitrogens with zero attached hydrogens (tertiary/aromatic N) is 1. The molecule has 2 aromatic rings. The minimum absolute atomic E-state index is 0.743. The predicted octanol–water partition coefficient (Wildman–Crippen LogP) is 4.21. The summed E-state index contributed by atoms with van der Waals surface area (Å²) < 4.78 is 2.40. The molecule has 2 N–H and O–H groups in total. The van der Waals surface area contributed by atoms with Crippen molar-refractivity contribution >= 4 is 10.9 Å². The second-order valence-corrected chi connectivity index (χ2v) is 6.34. The number of aryl methyl sites for hydroxylation is 3. The minimum atomic E-state index is 0.743. The van der Waals surface area contributed by atoms with Crippen LogP contribution in [0.1, 0.15) is 55.7 Å². The molecule has 0 aliphatic heterocycles. The molecule has 0 saturated carbocycles. The highest BCUT2D eigenvalue weighted by Gasteiger charge is 2.15. The number of benzene rings is 1. The first kappa shape index (κ1) is 14.6. The molecule has 0 atom stereocenters. The average Bonchev–Trinajstić information content (AvgIpc) is 2.90. The fourth-order valence-electron chi connectivity index (χ4n) is 3.87. The maximum atomic E-state index is 5.85. The molecule has 1 aromatic heterocycles. The second-order valence-electron chi connectivity index (χ2n) is 6.34. The van der Waals surface area contributed by atoms with E-state index in [0.717, 1.165) is 19.5 Å². The predicted molar refractivity (Wildman–Crippen MR) is 90.9 cm³/mol. The Morgan fingerprint density at radius 3 is 2.57 bits per heavy atom. The van der Waals surface area contributed by atoms with Crippen molar-refractivity contribution in [2.24, 2.45) is 5.73 Å². The largest absolute Gasteiger partial charge is 0.347 e. The van der Waals surface area contributed by atoms with Crippen LogP contribution in [0.5, 0.6) is 0 Å². The van der Waals surface area contributed by atoms with Crippen molar-refractivity contribution in [3.63, 3.8) is 0 Å². The Bertz CT molecular complexity index is 610. The highest BCUT2D eigenvalue weighted by atomic mass is 14.9. The van der Waals surface area contributed by atoms with Crippen LogP contribution in [0.3, 0.4) is 0 Å². The maximum absolute atomic E-state index is 5.85. The molecule has 1 aromatic carbocycles. The van der Waals surface area contributed by atoms with Crippen molar-refractivity contribution < 1.29 is 0 Å². The van der Waals surface area contributed by atoms with Gasteiger partial charge in [0.15, 0.2) is 0 Å². The molecular weight excluding hydrogens is 256 g/mol. The number of hydrogen-bond donors (Lipinski definition) is 1. The summed E-state index contributed by atoms with van der Waals surface area (Å²) in [5.74, 6) is 0. The lowest BCUT2D eigenvalue weighted by Crippen LogP contribution is -2.03. The lowest BCUT2D eigenvalue weighted by molar-refractivity contribution is 0.629. The fraction of sp³-hybridized carbons (Fsp3) is 0.579. The monoisotopic (exact) mass is 284 g/mol. The lowest BCUT2D eigenvalue weighted by Gasteiger charge is -2.12. The summed E-state index contributed by atoms with van der Waals surface area (Å²) in [5, 5.41) is 1.53. The van der Waals surface area contributed by atoms with Gasteiger partial charge in [-0.25, -0.2) is 0 Å². The summed E-state index contributed by atoms with van der Waals surface area (Å²) in [6.45, 7) is 4.01. The summed E-state index contributed by atoms with van der Waals surface area (Å²) in [6.07, 6.45) is 12.7. The van der Waals surface area contributed by atoms with Crippen molar-refractivity contribution in [1.29, 1.82) is 0 Å². The van der Waals surface area contributed by atoms with Crippen LogP contribution >= 0.6 is 0 Å². The van der Waals surface area contributed by atoms with Crippen LogP contribution in [0.4, 0.5) is 0 Å². The van der Waals surface area contributed by atoms with Crippen LogP contribution in [0.25, 0.3) is 10.9 Å². The SMILES string of the molecule is CCn1cc(CCN)c2c3c(ccc21)CCCCCCC3. The van der Waals surface area contributed by atoms with E-state index in [1.807, 2.05) is 0 Å². The molecule has 0 fully saturated rings. The molecule has 2 nitrogen and oxygen atoms in total. The first-order valence-corrected chi connectivity index (χ1v) is 8.67. The summed E-state index contributed by atoms with van der Waals surface area (Å²) in [7, 11) is 0. The van der Waals surface area contributed by atoms with Crippen LogP contribution in [0.15, 0.2) is 18.3 Å². The quantitative estimate of drug-likeness (QED) is 0.899. The van der Waals surface area contributed by atoms with Gasteiger partial charge < -0.3 is 10.3 Å². The van der Waals surface area contributed by atoms with Gasteiger partial charge in [-0.05, 0) is 68.3 Å². The Kier molecular flexibility index (Phi) is 4.64. The Morgan fingerprint density at radius 2 is 1.81 bits per heavy atom. The number of aromatic nitrogens is 1. The average molecular weight is 284 g/mol. The standard InChI is InChI=1S/C19H28N2/c1-2-21-14-16(12-13-20)19-17-9-7-5-3-4-6-8-15(17)10-11-18(19)21/h10-11,14H,2-9,12-13,20H2,1H3. The van der Waals surface area contributed by atoms with E-state index >= 15 is 0 Å². The van der Waals surface area contributed by atoms with Gasteiger partial charge in [0.25, 0.3) is 0 Å². The van der Waals surface area contributed by atoms with Crippen molar-refractivity contribution in [2.45, 2.75) is 64.8 Å². The summed E-state index contributed by atoms with van der Waals surface area (Å²) >= 11 is 0. The summed E-state index contributed by atoms with van der Waals surface area (Å²) in [6, 6.07) is 4.73. The number of rotatable bonds is 3. The van der Waals surface area contributed by atoms with Crippen molar-refractivity contribution in [1.82, 2.24) is 4.57 Å². The normalized spacial score (nSPS) is 16.3. The molecule has 0 saturated heterocycles. The van der Waals surface area contributed by atoms with Gasteiger partial charge in [-0.2, -0.15) is 0 Å². The molecule has 0 bridgehead atoms. The molecule has 1 aliphatic carbocycles. The second kappa shape index (κ2) is 6.65. The highest BCUT2D eigenvalue weighted by Crippen LogP contribution is 2.31. The molecule has 21 heavy (non-hydrogen) atoms. The molecule has 1 heterocycles. The van der Waals surface area contributed by atoms with E-state index in [1.165, 1.54) is 61.4 Å². The van der Waals surface area contributed by atoms with Crippen molar-refractivity contribution in [3.8, 4) is 0 Å². The minimum Gasteiger partial charge on any atom is -0.347 e. The van der Waals surface area contributed by atoms with Crippen molar-refractivity contribution in [3.05, 3.63) is 35.0 Å². The number of fused-ring (bicyclic) bond motifs is 3. The van der Waals surface area contributed by atoms with E-state index < -0.39 is 0 Å². The smallest absolute Gasteiger partial charge is 0.0486 e. The third-order valence-corrected chi connectivity index (χ3v) is 4.96. The van der Waals surface area contributed by atoms with Gasteiger partial charge in [0.05, 0.1) is 0 Å². The molecule has 1 aliphatic rings. The first-order chi connectivity index (χ1) is 10.3. The Hall–Kier alpha value is -1.28. The number of nitrogens with two attached hydrogens (primary N) is 1. The Labute approximate surface area is 128 Å². The molecule has 3 rings (SSSR count). The zero-order valence-corrected chi connectivity index (χ0v) is 13.3. The van der Waals surface area contributed by atoms with Crippen molar-refractivity contribution in [2.75, 3.05) is 6.54 Å². The molecule has 0 radical (unpaired) electrons. The molecule has 2 heteroatoms. The van der Waals surface area contributed by atoms with Gasteiger partial charge in [0, 0.05) is 23.6 Å². The van der Waals surface area contributed by atoms with Crippen LogP contribution in [0.2, 0.25) is 0 Å². The molecule has 0 unspecified atom stereocenters. The van der Waals surface area contributed by atoms with Gasteiger partial charge >= 0.3 is 0 Å². The van der Waals surface area contributed by atoms with Gasteiger partial charge in [0.1, 0.15) is 0 Å². The molecule has 0 amide bonds. The van der Waals surface area contributed by atoms with E-state index in [0.29, 0.717) is 0 Å². The molecule has 0 spiro atoms. The van der Waals surface area contributed by atoms with Gasteiger partial charge in [0.2, 0.25) is 0 Å². The summed E-state index contributed by atoms with van der Waals surface area (Å²) in [4.78, 5) is 0. The van der Waals surface area contributed by atoms with Crippen LogP contribution < -0.4 is 5.73 Å². The lowest BCUT2D eigenvalue weighted by atomic mass is 9.93. The van der Waals surface area contributed by atoms with E-state index in [4.69, 9.17) is 5.73 Å². The topological polar surface area (TPSA) is 30.9 Å². The van der Waals surface area contributed by atoms with Crippen LogP contribution in [-0.2, 0) is 25.8 Å². The maximum Gasteiger partial charge on any atom is 0.0486 e. The third-order valence-electron chi connectivity index (χ3n) is 4.96. The third kappa shape index (κ3) is 2.87. The van der Waals surface area contributed by atoms with E-state index in [2.05, 4.69) is 29.8 Å². The van der Waals surface area contributed by atoms with Gasteiger partial charge in [-0.15, -0.1) is 0 Å². The van der Waals surface area contributed by atoms with Crippen LogP contribution in [-0.4, -0.2) is 11.1 Å². The Morgan fingerprint density at radius 1 is 1.05 bits per heavy atom. The zero-order valence-electron chi connectivity index (χ0n) is 13.3. The zero-order chi connectivity index (χ0) is 14.7.